The van der Waals surface area contributed by atoms with Gasteiger partial charge in [-0.05, 0) is 32.3 Å². The lowest BCUT2D eigenvalue weighted by Gasteiger charge is -2.30. The van der Waals surface area contributed by atoms with Crippen molar-refractivity contribution in [2.45, 2.75) is 51.3 Å². The summed E-state index contributed by atoms with van der Waals surface area (Å²) in [6, 6.07) is 1.93. The summed E-state index contributed by atoms with van der Waals surface area (Å²) in [5.74, 6) is 0. The van der Waals surface area contributed by atoms with Crippen molar-refractivity contribution in [1.29, 1.82) is 0 Å². The van der Waals surface area contributed by atoms with Gasteiger partial charge in [0, 0.05) is 19.3 Å². The highest BCUT2D eigenvalue weighted by molar-refractivity contribution is 5.12. The zero-order chi connectivity index (χ0) is 11.6. The summed E-state index contributed by atoms with van der Waals surface area (Å²) in [4.78, 5) is 0. The number of ether oxygens (including phenoxy) is 1. The number of aromatic nitrogens is 2. The van der Waals surface area contributed by atoms with Gasteiger partial charge in [-0.3, -0.25) is 4.68 Å². The van der Waals surface area contributed by atoms with E-state index in [1.807, 2.05) is 16.9 Å². The summed E-state index contributed by atoms with van der Waals surface area (Å²) in [5, 5.41) is 4.31. The maximum atomic E-state index is 6.32. The van der Waals surface area contributed by atoms with Crippen LogP contribution in [-0.4, -0.2) is 22.0 Å². The van der Waals surface area contributed by atoms with Crippen molar-refractivity contribution in [3.05, 3.63) is 18.0 Å². The molecule has 2 N–H and O–H groups in total. The molecule has 1 fully saturated rings. The quantitative estimate of drug-likeness (QED) is 0.847. The Morgan fingerprint density at radius 3 is 3.12 bits per heavy atom. The van der Waals surface area contributed by atoms with Crippen molar-refractivity contribution in [3.63, 3.8) is 0 Å². The predicted molar refractivity (Wildman–Crippen MR) is 63.0 cm³/mol. The standard InChI is InChI=1S/C12H21N3O/c1-3-8-15-10(5-7-14-15)11(13)12(2)6-4-9-16-12/h5,7,11H,3-4,6,8-9,13H2,1-2H3. The number of nitrogens with two attached hydrogens (primary N) is 1. The van der Waals surface area contributed by atoms with Gasteiger partial charge in [0.05, 0.1) is 17.3 Å². The molecule has 0 bridgehead atoms. The molecule has 2 unspecified atom stereocenters. The van der Waals surface area contributed by atoms with Crippen LogP contribution < -0.4 is 5.73 Å². The second kappa shape index (κ2) is 4.55. The van der Waals surface area contributed by atoms with Crippen molar-refractivity contribution in [1.82, 2.24) is 9.78 Å². The lowest BCUT2D eigenvalue weighted by molar-refractivity contribution is -0.00388. The second-order valence-electron chi connectivity index (χ2n) is 4.72. The van der Waals surface area contributed by atoms with E-state index in [0.717, 1.165) is 38.1 Å². The zero-order valence-electron chi connectivity index (χ0n) is 10.1. The predicted octanol–water partition coefficient (Wildman–Crippen LogP) is 1.86. The van der Waals surface area contributed by atoms with Crippen molar-refractivity contribution >= 4 is 0 Å². The molecular formula is C12H21N3O. The normalized spacial score (nSPS) is 27.2. The molecule has 90 valence electrons. The van der Waals surface area contributed by atoms with E-state index in [-0.39, 0.29) is 11.6 Å². The molecule has 1 aliphatic rings. The van der Waals surface area contributed by atoms with Gasteiger partial charge in [0.15, 0.2) is 0 Å². The monoisotopic (exact) mass is 223 g/mol. The summed E-state index contributed by atoms with van der Waals surface area (Å²) in [6.07, 6.45) is 5.03. The number of nitrogens with zero attached hydrogens (tertiary/aromatic N) is 2. The summed E-state index contributed by atoms with van der Waals surface area (Å²) in [6.45, 7) is 6.00. The third-order valence-electron chi connectivity index (χ3n) is 3.41. The molecule has 1 saturated heterocycles. The van der Waals surface area contributed by atoms with Crippen LogP contribution in [0.1, 0.15) is 44.8 Å². The zero-order valence-corrected chi connectivity index (χ0v) is 10.1. The van der Waals surface area contributed by atoms with Crippen LogP contribution in [0.3, 0.4) is 0 Å². The lowest BCUT2D eigenvalue weighted by Crippen LogP contribution is -2.39. The van der Waals surface area contributed by atoms with Gasteiger partial charge in [-0.15, -0.1) is 0 Å². The minimum absolute atomic E-state index is 0.0796. The smallest absolute Gasteiger partial charge is 0.0862 e. The minimum Gasteiger partial charge on any atom is -0.373 e. The van der Waals surface area contributed by atoms with E-state index in [1.54, 1.807) is 0 Å². The van der Waals surface area contributed by atoms with Crippen molar-refractivity contribution < 1.29 is 4.74 Å². The van der Waals surface area contributed by atoms with Crippen LogP contribution in [0.25, 0.3) is 0 Å². The maximum Gasteiger partial charge on any atom is 0.0862 e. The molecule has 1 aromatic rings. The van der Waals surface area contributed by atoms with E-state index in [0.29, 0.717) is 0 Å². The number of rotatable bonds is 4. The molecule has 0 saturated carbocycles. The third kappa shape index (κ3) is 1.99. The summed E-state index contributed by atoms with van der Waals surface area (Å²) >= 11 is 0. The van der Waals surface area contributed by atoms with Crippen LogP contribution in [-0.2, 0) is 11.3 Å². The van der Waals surface area contributed by atoms with E-state index in [9.17, 15) is 0 Å². The Bertz CT molecular complexity index is 342. The van der Waals surface area contributed by atoms with Crippen LogP contribution in [0.2, 0.25) is 0 Å². The molecule has 2 heterocycles. The number of aryl methyl sites for hydroxylation is 1. The fraction of sp³-hybridized carbons (Fsp3) is 0.750. The Balaban J connectivity index is 2.19. The van der Waals surface area contributed by atoms with Crippen molar-refractivity contribution in [3.8, 4) is 0 Å². The topological polar surface area (TPSA) is 53.1 Å². The highest BCUT2D eigenvalue weighted by Crippen LogP contribution is 2.35. The maximum absolute atomic E-state index is 6.32. The van der Waals surface area contributed by atoms with Gasteiger partial charge in [0.25, 0.3) is 0 Å². The van der Waals surface area contributed by atoms with Crippen LogP contribution in [0.15, 0.2) is 12.3 Å². The van der Waals surface area contributed by atoms with Crippen molar-refractivity contribution in [2.75, 3.05) is 6.61 Å². The molecule has 0 aromatic carbocycles. The molecule has 16 heavy (non-hydrogen) atoms. The molecule has 1 aromatic heterocycles. The molecule has 4 nitrogen and oxygen atoms in total. The number of hydrogen-bond acceptors (Lipinski definition) is 3. The fourth-order valence-corrected chi connectivity index (χ4v) is 2.36. The summed E-state index contributed by atoms with van der Waals surface area (Å²) < 4.78 is 7.79. The molecular weight excluding hydrogens is 202 g/mol. The van der Waals surface area contributed by atoms with Crippen LogP contribution in [0, 0.1) is 0 Å². The van der Waals surface area contributed by atoms with E-state index >= 15 is 0 Å². The van der Waals surface area contributed by atoms with Gasteiger partial charge in [0.1, 0.15) is 0 Å². The second-order valence-corrected chi connectivity index (χ2v) is 4.72. The molecule has 0 spiro atoms. The molecule has 0 aliphatic carbocycles. The molecule has 0 amide bonds. The van der Waals surface area contributed by atoms with Gasteiger partial charge in [0.2, 0.25) is 0 Å². The van der Waals surface area contributed by atoms with Gasteiger partial charge < -0.3 is 10.5 Å². The highest BCUT2D eigenvalue weighted by atomic mass is 16.5. The van der Waals surface area contributed by atoms with Gasteiger partial charge in [-0.25, -0.2) is 0 Å². The molecule has 1 aliphatic heterocycles. The first-order valence-corrected chi connectivity index (χ1v) is 6.08. The molecule has 4 heteroatoms. The lowest BCUT2D eigenvalue weighted by atomic mass is 9.91. The molecule has 2 rings (SSSR count). The van der Waals surface area contributed by atoms with E-state index in [2.05, 4.69) is 18.9 Å². The SMILES string of the molecule is CCCn1nccc1C(N)C1(C)CCCO1. The van der Waals surface area contributed by atoms with Crippen LogP contribution >= 0.6 is 0 Å². The van der Waals surface area contributed by atoms with Crippen LogP contribution in [0.4, 0.5) is 0 Å². The fourth-order valence-electron chi connectivity index (χ4n) is 2.36. The first-order valence-electron chi connectivity index (χ1n) is 6.08. The minimum atomic E-state index is -0.217. The Hall–Kier alpha value is -0.870. The first kappa shape index (κ1) is 11.6. The largest absolute Gasteiger partial charge is 0.373 e. The summed E-state index contributed by atoms with van der Waals surface area (Å²) in [5.41, 5.74) is 7.20. The van der Waals surface area contributed by atoms with E-state index in [1.165, 1.54) is 0 Å². The Morgan fingerprint density at radius 1 is 1.69 bits per heavy atom. The highest BCUT2D eigenvalue weighted by Gasteiger charge is 2.38. The van der Waals surface area contributed by atoms with Gasteiger partial charge >= 0.3 is 0 Å². The average Bonchev–Trinajstić information content (AvgIpc) is 2.88. The molecule has 2 atom stereocenters. The first-order chi connectivity index (χ1) is 7.67. The van der Waals surface area contributed by atoms with E-state index < -0.39 is 0 Å². The third-order valence-corrected chi connectivity index (χ3v) is 3.41. The Kier molecular flexibility index (Phi) is 3.30. The van der Waals surface area contributed by atoms with Crippen LogP contribution in [0.5, 0.6) is 0 Å². The van der Waals surface area contributed by atoms with Crippen molar-refractivity contribution in [2.24, 2.45) is 5.73 Å². The van der Waals surface area contributed by atoms with Gasteiger partial charge in [-0.1, -0.05) is 6.92 Å². The Morgan fingerprint density at radius 2 is 2.50 bits per heavy atom. The summed E-state index contributed by atoms with van der Waals surface area (Å²) in [7, 11) is 0. The number of hydrogen-bond donors (Lipinski definition) is 1. The Labute approximate surface area is 96.8 Å². The van der Waals surface area contributed by atoms with Gasteiger partial charge in [-0.2, -0.15) is 5.10 Å². The molecule has 0 radical (unpaired) electrons. The average molecular weight is 223 g/mol. The van der Waals surface area contributed by atoms with E-state index in [4.69, 9.17) is 10.5 Å².